The van der Waals surface area contributed by atoms with Crippen molar-refractivity contribution < 1.29 is 25.2 Å². The molecular formula is C19H25N5O5. The lowest BCUT2D eigenvalue weighted by Gasteiger charge is -2.34. The number of nitrogens with one attached hydrogen (secondary N) is 1. The highest BCUT2D eigenvalue weighted by molar-refractivity contribution is 6.04. The quantitative estimate of drug-likeness (QED) is 0.494. The van der Waals surface area contributed by atoms with Crippen molar-refractivity contribution in [3.8, 4) is 5.75 Å². The van der Waals surface area contributed by atoms with E-state index in [-0.39, 0.29) is 11.8 Å². The van der Waals surface area contributed by atoms with Crippen LogP contribution in [-0.2, 0) is 4.74 Å². The molecule has 1 fully saturated rings. The molecular weight excluding hydrogens is 378 g/mol. The number of nitrogens with zero attached hydrogens (tertiary/aromatic N) is 4. The summed E-state index contributed by atoms with van der Waals surface area (Å²) in [5.74, 6) is 1.41. The predicted molar refractivity (Wildman–Crippen MR) is 105 cm³/mol. The number of aromatic nitrogens is 2. The lowest BCUT2D eigenvalue weighted by Crippen LogP contribution is -2.45. The van der Waals surface area contributed by atoms with Crippen LogP contribution in [-0.4, -0.2) is 78.3 Å². The third-order valence-electron chi connectivity index (χ3n) is 5.19. The zero-order valence-electron chi connectivity index (χ0n) is 16.2. The first kappa shape index (κ1) is 19.6. The first-order valence-corrected chi connectivity index (χ1v) is 9.48. The fourth-order valence-electron chi connectivity index (χ4n) is 3.57. The Hall–Kier alpha value is -2.66. The van der Waals surface area contributed by atoms with Gasteiger partial charge in [0.1, 0.15) is 35.6 Å². The molecule has 4 rings (SSSR count). The second kappa shape index (κ2) is 7.64. The fraction of sp³-hybridized carbons (Fsp3) is 0.474. The van der Waals surface area contributed by atoms with Crippen LogP contribution in [0.4, 0.5) is 11.5 Å². The molecule has 2 aliphatic heterocycles. The van der Waals surface area contributed by atoms with Crippen LogP contribution in [0, 0.1) is 0 Å². The van der Waals surface area contributed by atoms with Gasteiger partial charge in [0.05, 0.1) is 25.3 Å². The summed E-state index contributed by atoms with van der Waals surface area (Å²) in [7, 11) is 0. The first-order valence-electron chi connectivity index (χ1n) is 9.48. The smallest absolute Gasteiger partial charge is 0.165 e. The minimum atomic E-state index is -1.20. The highest BCUT2D eigenvalue weighted by atomic mass is 16.6. The molecule has 3 heterocycles. The number of rotatable bonds is 4. The number of amidine groups is 1. The summed E-state index contributed by atoms with van der Waals surface area (Å²) >= 11 is 0. The Kier molecular flexibility index (Phi) is 5.17. The van der Waals surface area contributed by atoms with Crippen molar-refractivity contribution in [1.29, 1.82) is 0 Å². The lowest BCUT2D eigenvalue weighted by atomic mass is 10.1. The van der Waals surface area contributed by atoms with E-state index in [1.54, 1.807) is 28.8 Å². The van der Waals surface area contributed by atoms with Gasteiger partial charge in [-0.05, 0) is 38.1 Å². The van der Waals surface area contributed by atoms with Crippen LogP contribution in [0.5, 0.6) is 5.75 Å². The second-order valence-corrected chi connectivity index (χ2v) is 7.43. The molecule has 1 aromatic carbocycles. The maximum absolute atomic E-state index is 10.4. The van der Waals surface area contributed by atoms with Crippen LogP contribution in [0.2, 0.25) is 0 Å². The van der Waals surface area contributed by atoms with Crippen molar-refractivity contribution in [3.63, 3.8) is 0 Å². The van der Waals surface area contributed by atoms with Crippen molar-refractivity contribution in [2.24, 2.45) is 4.99 Å². The summed E-state index contributed by atoms with van der Waals surface area (Å²) in [6, 6.07) is 6.71. The fourth-order valence-corrected chi connectivity index (χ4v) is 3.57. The number of aliphatic hydroxyl groups excluding tert-OH is 3. The van der Waals surface area contributed by atoms with Gasteiger partial charge in [-0.3, -0.25) is 4.57 Å². The number of benzene rings is 1. The minimum absolute atomic E-state index is 0.144. The molecule has 0 bridgehead atoms. The third-order valence-corrected chi connectivity index (χ3v) is 5.19. The van der Waals surface area contributed by atoms with E-state index >= 15 is 0 Å². The maximum atomic E-state index is 10.4. The van der Waals surface area contributed by atoms with E-state index in [0.29, 0.717) is 29.7 Å². The van der Waals surface area contributed by atoms with Gasteiger partial charge in [0.25, 0.3) is 0 Å². The second-order valence-electron chi connectivity index (χ2n) is 7.43. The van der Waals surface area contributed by atoms with Gasteiger partial charge in [-0.1, -0.05) is 0 Å². The minimum Gasteiger partial charge on any atom is -0.508 e. The van der Waals surface area contributed by atoms with E-state index in [1.165, 1.54) is 6.33 Å². The van der Waals surface area contributed by atoms with Gasteiger partial charge in [0.15, 0.2) is 12.1 Å². The number of anilines is 1. The summed E-state index contributed by atoms with van der Waals surface area (Å²) in [5.41, 5.74) is 1.24. The molecule has 156 valence electrons. The maximum Gasteiger partial charge on any atom is 0.165 e. The molecule has 0 amide bonds. The van der Waals surface area contributed by atoms with E-state index in [4.69, 9.17) is 9.73 Å². The monoisotopic (exact) mass is 403 g/mol. The number of aliphatic imine (C=N–C) groups is 1. The molecule has 10 nitrogen and oxygen atoms in total. The van der Waals surface area contributed by atoms with Gasteiger partial charge in [0.2, 0.25) is 0 Å². The molecule has 0 aliphatic carbocycles. The van der Waals surface area contributed by atoms with E-state index in [2.05, 4.69) is 10.3 Å². The molecule has 0 unspecified atom stereocenters. The summed E-state index contributed by atoms with van der Waals surface area (Å²) < 4.78 is 7.25. The molecule has 2 aromatic rings. The highest BCUT2D eigenvalue weighted by Gasteiger charge is 2.45. The van der Waals surface area contributed by atoms with E-state index in [1.807, 2.05) is 18.7 Å². The summed E-state index contributed by atoms with van der Waals surface area (Å²) in [4.78, 5) is 11.3. The van der Waals surface area contributed by atoms with Crippen molar-refractivity contribution in [2.45, 2.75) is 44.4 Å². The van der Waals surface area contributed by atoms with Crippen LogP contribution >= 0.6 is 0 Å². The van der Waals surface area contributed by atoms with Crippen LogP contribution in [0.3, 0.4) is 0 Å². The number of fused-ring (bicyclic) bond motifs is 1. The first-order chi connectivity index (χ1) is 13.9. The Morgan fingerprint density at radius 3 is 2.59 bits per heavy atom. The molecule has 29 heavy (non-hydrogen) atoms. The average Bonchev–Trinajstić information content (AvgIpc) is 3.25. The van der Waals surface area contributed by atoms with E-state index in [9.17, 15) is 20.4 Å². The number of hydrogen-bond acceptors (Lipinski definition) is 8. The molecule has 0 radical (unpaired) electrons. The molecule has 1 saturated heterocycles. The zero-order valence-corrected chi connectivity index (χ0v) is 16.2. The number of aliphatic hydroxyl groups is 3. The van der Waals surface area contributed by atoms with Crippen LogP contribution in [0.25, 0.3) is 0 Å². The van der Waals surface area contributed by atoms with E-state index in [0.717, 1.165) is 0 Å². The van der Waals surface area contributed by atoms with Crippen LogP contribution < -0.4 is 5.32 Å². The van der Waals surface area contributed by atoms with Gasteiger partial charge in [0, 0.05) is 6.04 Å². The van der Waals surface area contributed by atoms with Crippen molar-refractivity contribution in [1.82, 2.24) is 14.5 Å². The Balaban J connectivity index is 1.74. The number of imidazole rings is 1. The summed E-state index contributed by atoms with van der Waals surface area (Å²) in [6.45, 7) is 4.15. The molecule has 10 heteroatoms. The Morgan fingerprint density at radius 1 is 1.24 bits per heavy atom. The topological polar surface area (TPSA) is 136 Å². The normalized spacial score (nSPS) is 28.1. The van der Waals surface area contributed by atoms with Crippen LogP contribution in [0.1, 0.15) is 25.8 Å². The molecule has 2 aliphatic rings. The molecule has 0 saturated carbocycles. The van der Waals surface area contributed by atoms with Gasteiger partial charge in [-0.2, -0.15) is 0 Å². The van der Waals surface area contributed by atoms with Crippen molar-refractivity contribution in [2.75, 3.05) is 18.6 Å². The standard InChI is InChI=1S/C19H25N5O5/c1-10(2)23-9-21-17-14(18(23)22-11-3-5-12(26)6-4-11)20-8-24(17)19-16(28)15(27)13(7-25)29-19/h3-6,8,10,13,15-16,19,21,25-28H,7,9H2,1-2H3/t13-,15-,16-,19-/m1/s1. The zero-order chi connectivity index (χ0) is 20.7. The number of phenols is 1. The van der Waals surface area contributed by atoms with Gasteiger partial charge in [-0.25, -0.2) is 9.98 Å². The number of aromatic hydroxyl groups is 1. The number of phenolic OH excluding ortho intramolecular Hbond substituents is 1. The largest absolute Gasteiger partial charge is 0.508 e. The van der Waals surface area contributed by atoms with E-state index < -0.39 is 31.1 Å². The molecule has 5 N–H and O–H groups in total. The average molecular weight is 403 g/mol. The molecule has 0 spiro atoms. The Labute approximate surface area is 167 Å². The van der Waals surface area contributed by atoms with Crippen LogP contribution in [0.15, 0.2) is 35.6 Å². The van der Waals surface area contributed by atoms with Crippen molar-refractivity contribution >= 4 is 17.3 Å². The lowest BCUT2D eigenvalue weighted by molar-refractivity contribution is -0.0519. The Bertz CT molecular complexity index is 897. The van der Waals surface area contributed by atoms with Gasteiger partial charge in [-0.15, -0.1) is 0 Å². The Morgan fingerprint density at radius 2 is 1.97 bits per heavy atom. The third kappa shape index (κ3) is 3.44. The number of ether oxygens (including phenoxy) is 1. The molecule has 1 aromatic heterocycles. The van der Waals surface area contributed by atoms with Gasteiger partial charge < -0.3 is 35.4 Å². The van der Waals surface area contributed by atoms with Gasteiger partial charge >= 0.3 is 0 Å². The molecule has 4 atom stereocenters. The predicted octanol–water partition coefficient (Wildman–Crippen LogP) is 0.372. The van der Waals surface area contributed by atoms with Crippen molar-refractivity contribution in [3.05, 3.63) is 36.3 Å². The number of hydrogen-bond donors (Lipinski definition) is 5. The summed E-state index contributed by atoms with van der Waals surface area (Å²) in [5, 5.41) is 42.6. The summed E-state index contributed by atoms with van der Waals surface area (Å²) in [6.07, 6.45) is -2.62. The highest BCUT2D eigenvalue weighted by Crippen LogP contribution is 2.35. The SMILES string of the molecule is CC(C)N1CNc2c(ncn2[C@@H]2O[C@H](CO)[C@@H](O)[C@H]2O)C1=Nc1ccc(O)cc1.